The molecule has 0 radical (unpaired) electrons. The second kappa shape index (κ2) is 7.95. The van der Waals surface area contributed by atoms with Crippen molar-refractivity contribution in [3.05, 3.63) is 94.0 Å². The van der Waals surface area contributed by atoms with Gasteiger partial charge >= 0.3 is 0 Å². The number of imidazole rings is 1. The predicted octanol–water partition coefficient (Wildman–Crippen LogP) is 6.43. The van der Waals surface area contributed by atoms with Crippen molar-refractivity contribution in [3.8, 4) is 33.9 Å². The van der Waals surface area contributed by atoms with Crippen molar-refractivity contribution < 1.29 is 4.92 Å². The molecule has 1 aromatic heterocycles. The van der Waals surface area contributed by atoms with Crippen LogP contribution in [0, 0.1) is 24.0 Å². The van der Waals surface area contributed by atoms with Gasteiger partial charge < -0.3 is 4.57 Å². The van der Waals surface area contributed by atoms with Crippen molar-refractivity contribution in [1.82, 2.24) is 9.55 Å². The molecule has 0 saturated carbocycles. The fraction of sp³-hybridized carbons (Fsp3) is 0.160. The number of aromatic nitrogens is 2. The Hall–Kier alpha value is -3.73. The topological polar surface area (TPSA) is 61.0 Å². The van der Waals surface area contributed by atoms with Gasteiger partial charge in [0.15, 0.2) is 0 Å². The van der Waals surface area contributed by atoms with Gasteiger partial charge in [0, 0.05) is 35.4 Å². The first-order chi connectivity index (χ1) is 14.5. The van der Waals surface area contributed by atoms with Gasteiger partial charge in [0.1, 0.15) is 5.82 Å². The molecule has 150 valence electrons. The summed E-state index contributed by atoms with van der Waals surface area (Å²) in [4.78, 5) is 15.7. The van der Waals surface area contributed by atoms with E-state index in [1.165, 1.54) is 23.3 Å². The number of hydrogen-bond acceptors (Lipinski definition) is 3. The molecule has 5 nitrogen and oxygen atoms in total. The van der Waals surface area contributed by atoms with Crippen molar-refractivity contribution in [1.29, 1.82) is 0 Å². The molecule has 3 aromatic carbocycles. The summed E-state index contributed by atoms with van der Waals surface area (Å²) < 4.78 is 2.18. The lowest BCUT2D eigenvalue weighted by Crippen LogP contribution is -2.00. The number of non-ortho nitro benzene ring substituents is 1. The second-order valence-electron chi connectivity index (χ2n) is 7.41. The van der Waals surface area contributed by atoms with E-state index in [4.69, 9.17) is 4.98 Å². The van der Waals surface area contributed by atoms with Crippen LogP contribution in [-0.4, -0.2) is 14.5 Å². The smallest absolute Gasteiger partial charge is 0.269 e. The molecule has 0 bridgehead atoms. The van der Waals surface area contributed by atoms with Crippen LogP contribution >= 0.6 is 0 Å². The Labute approximate surface area is 175 Å². The van der Waals surface area contributed by atoms with E-state index in [0.717, 1.165) is 40.4 Å². The molecule has 0 unspecified atom stereocenters. The number of aryl methyl sites for hydroxylation is 2. The molecule has 0 aliphatic heterocycles. The Balaban J connectivity index is 1.95. The molecule has 0 spiro atoms. The lowest BCUT2D eigenvalue weighted by molar-refractivity contribution is -0.384. The molecule has 1 heterocycles. The zero-order valence-corrected chi connectivity index (χ0v) is 17.3. The SMILES string of the molecule is CCn1c(-c2ccc([N+](=O)[O-])cc2)nc(-c2ccc(C)cc2)c1-c1ccc(C)cc1. The maximum Gasteiger partial charge on any atom is 0.269 e. The largest absolute Gasteiger partial charge is 0.324 e. The van der Waals surface area contributed by atoms with Gasteiger partial charge in [-0.15, -0.1) is 0 Å². The summed E-state index contributed by atoms with van der Waals surface area (Å²) in [5, 5.41) is 11.0. The van der Waals surface area contributed by atoms with Crippen molar-refractivity contribution in [2.75, 3.05) is 0 Å². The minimum Gasteiger partial charge on any atom is -0.324 e. The van der Waals surface area contributed by atoms with Crippen LogP contribution in [0.1, 0.15) is 18.1 Å². The fourth-order valence-electron chi connectivity index (χ4n) is 3.63. The number of rotatable bonds is 5. The van der Waals surface area contributed by atoms with E-state index >= 15 is 0 Å². The third-order valence-electron chi connectivity index (χ3n) is 5.27. The van der Waals surface area contributed by atoms with Gasteiger partial charge in [-0.05, 0) is 32.9 Å². The highest BCUT2D eigenvalue weighted by Gasteiger charge is 2.20. The van der Waals surface area contributed by atoms with Gasteiger partial charge in [0.2, 0.25) is 0 Å². The van der Waals surface area contributed by atoms with Crippen LogP contribution in [0.25, 0.3) is 33.9 Å². The summed E-state index contributed by atoms with van der Waals surface area (Å²) in [6.07, 6.45) is 0. The van der Waals surface area contributed by atoms with Gasteiger partial charge in [-0.2, -0.15) is 0 Å². The van der Waals surface area contributed by atoms with Crippen molar-refractivity contribution in [2.45, 2.75) is 27.3 Å². The van der Waals surface area contributed by atoms with Crippen LogP contribution in [0.3, 0.4) is 0 Å². The Bertz CT molecular complexity index is 1190. The first kappa shape index (κ1) is 19.6. The van der Waals surface area contributed by atoms with Gasteiger partial charge in [-0.3, -0.25) is 10.1 Å². The van der Waals surface area contributed by atoms with E-state index in [9.17, 15) is 10.1 Å². The fourth-order valence-corrected chi connectivity index (χ4v) is 3.63. The summed E-state index contributed by atoms with van der Waals surface area (Å²) in [6, 6.07) is 23.4. The quantitative estimate of drug-likeness (QED) is 0.288. The van der Waals surface area contributed by atoms with Crippen LogP contribution < -0.4 is 0 Å². The van der Waals surface area contributed by atoms with Gasteiger partial charge in [0.25, 0.3) is 5.69 Å². The van der Waals surface area contributed by atoms with Crippen LogP contribution in [0.5, 0.6) is 0 Å². The third kappa shape index (κ3) is 3.62. The lowest BCUT2D eigenvalue weighted by Gasteiger charge is -2.11. The van der Waals surface area contributed by atoms with Crippen molar-refractivity contribution >= 4 is 5.69 Å². The zero-order valence-electron chi connectivity index (χ0n) is 17.3. The maximum atomic E-state index is 11.0. The Kier molecular flexibility index (Phi) is 5.19. The molecule has 0 atom stereocenters. The van der Waals surface area contributed by atoms with Gasteiger partial charge in [-0.25, -0.2) is 4.98 Å². The number of benzene rings is 3. The predicted molar refractivity (Wildman–Crippen MR) is 120 cm³/mol. The number of nitrogens with zero attached hydrogens (tertiary/aromatic N) is 3. The van der Waals surface area contributed by atoms with Gasteiger partial charge in [-0.1, -0.05) is 59.7 Å². The Morgan fingerprint density at radius 3 is 1.80 bits per heavy atom. The van der Waals surface area contributed by atoms with E-state index in [1.807, 2.05) is 0 Å². The molecule has 0 amide bonds. The highest BCUT2D eigenvalue weighted by molar-refractivity contribution is 5.82. The van der Waals surface area contributed by atoms with Crippen molar-refractivity contribution in [2.24, 2.45) is 0 Å². The van der Waals surface area contributed by atoms with Gasteiger partial charge in [0.05, 0.1) is 16.3 Å². The summed E-state index contributed by atoms with van der Waals surface area (Å²) in [7, 11) is 0. The molecule has 5 heteroatoms. The lowest BCUT2D eigenvalue weighted by atomic mass is 10.0. The minimum absolute atomic E-state index is 0.0749. The molecule has 0 aliphatic carbocycles. The summed E-state index contributed by atoms with van der Waals surface area (Å²) in [5.41, 5.74) is 7.43. The average Bonchev–Trinajstić information content (AvgIpc) is 3.14. The normalized spacial score (nSPS) is 10.9. The van der Waals surface area contributed by atoms with Crippen LogP contribution in [0.2, 0.25) is 0 Å². The molecular weight excluding hydrogens is 374 g/mol. The highest BCUT2D eigenvalue weighted by Crippen LogP contribution is 2.36. The first-order valence-electron chi connectivity index (χ1n) is 9.97. The van der Waals surface area contributed by atoms with E-state index < -0.39 is 0 Å². The molecule has 0 fully saturated rings. The van der Waals surface area contributed by atoms with Crippen LogP contribution in [-0.2, 0) is 6.54 Å². The molecular formula is C25H23N3O2. The number of hydrogen-bond donors (Lipinski definition) is 0. The van der Waals surface area contributed by atoms with Crippen LogP contribution in [0.15, 0.2) is 72.8 Å². The summed E-state index contributed by atoms with van der Waals surface area (Å²) in [6.45, 7) is 6.96. The first-order valence-corrected chi connectivity index (χ1v) is 9.97. The summed E-state index contributed by atoms with van der Waals surface area (Å²) >= 11 is 0. The molecule has 0 aliphatic rings. The Morgan fingerprint density at radius 1 is 0.800 bits per heavy atom. The van der Waals surface area contributed by atoms with E-state index in [1.54, 1.807) is 12.1 Å². The van der Waals surface area contributed by atoms with Crippen LogP contribution in [0.4, 0.5) is 5.69 Å². The monoisotopic (exact) mass is 397 g/mol. The number of nitro groups is 1. The van der Waals surface area contributed by atoms with E-state index in [2.05, 4.69) is 73.9 Å². The molecule has 30 heavy (non-hydrogen) atoms. The van der Waals surface area contributed by atoms with Crippen molar-refractivity contribution in [3.63, 3.8) is 0 Å². The van der Waals surface area contributed by atoms with E-state index in [0.29, 0.717) is 0 Å². The molecule has 0 N–H and O–H groups in total. The third-order valence-corrected chi connectivity index (χ3v) is 5.27. The molecule has 0 saturated heterocycles. The summed E-state index contributed by atoms with van der Waals surface area (Å²) in [5.74, 6) is 0.804. The second-order valence-corrected chi connectivity index (χ2v) is 7.41. The number of nitro benzene ring substituents is 1. The Morgan fingerprint density at radius 2 is 1.30 bits per heavy atom. The molecule has 4 rings (SSSR count). The molecule has 4 aromatic rings. The zero-order chi connectivity index (χ0) is 21.3. The minimum atomic E-state index is -0.383. The average molecular weight is 397 g/mol. The van der Waals surface area contributed by atoms with E-state index in [-0.39, 0.29) is 10.6 Å². The highest BCUT2D eigenvalue weighted by atomic mass is 16.6. The maximum absolute atomic E-state index is 11.0. The standard InChI is InChI=1S/C25H23N3O2/c1-4-27-24(20-11-7-18(3)8-12-20)23(19-9-5-17(2)6-10-19)26-25(27)21-13-15-22(16-14-21)28(29)30/h5-16H,4H2,1-3H3.